The van der Waals surface area contributed by atoms with Crippen molar-refractivity contribution in [3.8, 4) is 0 Å². The van der Waals surface area contributed by atoms with E-state index in [4.69, 9.17) is 14.2 Å². The van der Waals surface area contributed by atoms with E-state index in [1.54, 1.807) is 7.05 Å². The minimum atomic E-state index is -2.05. The molecule has 7 N–H and O–H groups in total. The number of aliphatic hydroxyl groups is 7. The van der Waals surface area contributed by atoms with E-state index in [1.165, 1.54) is 21.8 Å². The van der Waals surface area contributed by atoms with Crippen molar-refractivity contribution in [2.24, 2.45) is 7.05 Å². The molecule has 41 heavy (non-hydrogen) atoms. The standard InChI is InChI=1S/C21H27N7O12S/c1-26-6-25-17(28(36)37)19(26)41-18-10-16(22-5-23-18)27(7-24-10)21(4-31)15(35)14(9(3-30)40-21)39-20-13(34)12(33)11(32)8(2-29)38-20/h5-9,11-15,20,29-35H,2-4H2,1H3/t8?,9-,11+,12-,13?,14?,15-,20+,21-/m1/s1. The van der Waals surface area contributed by atoms with E-state index < -0.39 is 85.3 Å². The van der Waals surface area contributed by atoms with Gasteiger partial charge in [-0.05, 0) is 21.7 Å². The molecule has 0 aromatic carbocycles. The molecule has 0 aliphatic carbocycles. The zero-order valence-electron chi connectivity index (χ0n) is 21.2. The molecule has 0 radical (unpaired) electrons. The van der Waals surface area contributed by atoms with Gasteiger partial charge in [0.2, 0.25) is 6.33 Å². The minimum absolute atomic E-state index is 0.0469. The Kier molecular flexibility index (Phi) is 8.24. The Labute approximate surface area is 233 Å². The van der Waals surface area contributed by atoms with Crippen LogP contribution in [0.5, 0.6) is 0 Å². The number of hydrogen-bond donors (Lipinski definition) is 7. The predicted molar refractivity (Wildman–Crippen MR) is 131 cm³/mol. The maximum atomic E-state index is 11.4. The van der Waals surface area contributed by atoms with E-state index in [9.17, 15) is 45.9 Å². The molecule has 0 bridgehead atoms. The number of fused-ring (bicyclic) bond motifs is 1. The normalized spacial score (nSPS) is 34.0. The van der Waals surface area contributed by atoms with Crippen LogP contribution in [0.2, 0.25) is 0 Å². The first-order valence-corrected chi connectivity index (χ1v) is 12.9. The van der Waals surface area contributed by atoms with Gasteiger partial charge in [0.25, 0.3) is 0 Å². The molecule has 2 aliphatic heterocycles. The second-order valence-corrected chi connectivity index (χ2v) is 10.4. The largest absolute Gasteiger partial charge is 0.396 e. The Morgan fingerprint density at radius 1 is 1.05 bits per heavy atom. The van der Waals surface area contributed by atoms with Gasteiger partial charge in [0.05, 0.1) is 26.1 Å². The molecule has 0 saturated carbocycles. The van der Waals surface area contributed by atoms with Crippen LogP contribution in [0, 0.1) is 10.1 Å². The summed E-state index contributed by atoms with van der Waals surface area (Å²) in [7, 11) is 1.56. The summed E-state index contributed by atoms with van der Waals surface area (Å²) in [5.74, 6) is -0.399. The second kappa shape index (κ2) is 11.4. The predicted octanol–water partition coefficient (Wildman–Crippen LogP) is -3.80. The topological polar surface area (TPSA) is 274 Å². The maximum absolute atomic E-state index is 11.4. The van der Waals surface area contributed by atoms with Gasteiger partial charge in [0.15, 0.2) is 22.7 Å². The van der Waals surface area contributed by atoms with Gasteiger partial charge in [-0.3, -0.25) is 4.57 Å². The molecule has 224 valence electrons. The van der Waals surface area contributed by atoms with E-state index in [2.05, 4.69) is 19.9 Å². The van der Waals surface area contributed by atoms with Gasteiger partial charge in [-0.15, -0.1) is 0 Å². The molecule has 3 unspecified atom stereocenters. The first-order chi connectivity index (χ1) is 19.6. The highest BCUT2D eigenvalue weighted by Gasteiger charge is 2.59. The molecule has 2 saturated heterocycles. The molecule has 5 heterocycles. The summed E-state index contributed by atoms with van der Waals surface area (Å²) in [6.45, 7) is -2.33. The summed E-state index contributed by atoms with van der Waals surface area (Å²) in [6, 6.07) is 0. The van der Waals surface area contributed by atoms with Crippen molar-refractivity contribution in [2.45, 2.75) is 64.8 Å². The molecule has 0 spiro atoms. The molecule has 0 amide bonds. The van der Waals surface area contributed by atoms with Crippen LogP contribution in [-0.4, -0.2) is 139 Å². The molecular formula is C21H27N7O12S. The van der Waals surface area contributed by atoms with Gasteiger partial charge in [-0.1, -0.05) is 0 Å². The molecule has 3 aromatic rings. The van der Waals surface area contributed by atoms with Crippen molar-refractivity contribution >= 4 is 28.7 Å². The monoisotopic (exact) mass is 601 g/mol. The summed E-state index contributed by atoms with van der Waals surface area (Å²) < 4.78 is 19.6. The SMILES string of the molecule is Cn1cnc([N+](=O)[O-])c1Sc1ncnc2c1ncn2[C@]1(CO)O[C@H](CO)C(O[C@@H]2OC(CO)[C@H](O)[C@@H](O)C2O)[C@H]1O. The summed E-state index contributed by atoms with van der Waals surface area (Å²) in [6.07, 6.45) is -9.14. The zero-order valence-corrected chi connectivity index (χ0v) is 22.0. The van der Waals surface area contributed by atoms with Crippen molar-refractivity contribution in [2.75, 3.05) is 19.8 Å². The van der Waals surface area contributed by atoms with E-state index in [0.717, 1.165) is 18.1 Å². The summed E-state index contributed by atoms with van der Waals surface area (Å²) in [4.78, 5) is 27.2. The number of nitro groups is 1. The molecule has 5 rings (SSSR count). The van der Waals surface area contributed by atoms with Crippen LogP contribution >= 0.6 is 11.8 Å². The first-order valence-electron chi connectivity index (χ1n) is 12.1. The average Bonchev–Trinajstić information content (AvgIpc) is 3.64. The highest BCUT2D eigenvalue weighted by molar-refractivity contribution is 7.99. The average molecular weight is 602 g/mol. The molecule has 19 nitrogen and oxygen atoms in total. The lowest BCUT2D eigenvalue weighted by Crippen LogP contribution is -2.60. The fraction of sp³-hybridized carbons (Fsp3) is 0.619. The number of hydrogen-bond acceptors (Lipinski definition) is 17. The summed E-state index contributed by atoms with van der Waals surface area (Å²) in [5.41, 5.74) is -1.86. The van der Waals surface area contributed by atoms with Crippen LogP contribution in [0.1, 0.15) is 0 Å². The van der Waals surface area contributed by atoms with Crippen LogP contribution in [0.3, 0.4) is 0 Å². The fourth-order valence-corrected chi connectivity index (χ4v) is 5.74. The minimum Gasteiger partial charge on any atom is -0.394 e. The lowest BCUT2D eigenvalue weighted by atomic mass is 9.98. The van der Waals surface area contributed by atoms with E-state index in [-0.39, 0.29) is 21.2 Å². The fourth-order valence-electron chi connectivity index (χ4n) is 4.81. The Hall–Kier alpha value is -2.89. The van der Waals surface area contributed by atoms with Crippen LogP contribution in [0.4, 0.5) is 5.82 Å². The Bertz CT molecular complexity index is 1410. The first kappa shape index (κ1) is 29.6. The number of nitrogens with zero attached hydrogens (tertiary/aromatic N) is 7. The Morgan fingerprint density at radius 2 is 1.78 bits per heavy atom. The Morgan fingerprint density at radius 3 is 2.44 bits per heavy atom. The molecular weight excluding hydrogens is 574 g/mol. The van der Waals surface area contributed by atoms with Gasteiger partial charge in [0, 0.05) is 7.05 Å². The van der Waals surface area contributed by atoms with Gasteiger partial charge in [-0.2, -0.15) is 0 Å². The Balaban J connectivity index is 1.48. The van der Waals surface area contributed by atoms with E-state index in [1.807, 2.05) is 0 Å². The second-order valence-electron chi connectivity index (χ2n) is 9.39. The van der Waals surface area contributed by atoms with Crippen LogP contribution < -0.4 is 0 Å². The highest BCUT2D eigenvalue weighted by Crippen LogP contribution is 2.41. The van der Waals surface area contributed by atoms with Gasteiger partial charge in [0.1, 0.15) is 59.6 Å². The van der Waals surface area contributed by atoms with Crippen LogP contribution in [0.25, 0.3) is 11.2 Å². The van der Waals surface area contributed by atoms with Crippen molar-refractivity contribution in [3.63, 3.8) is 0 Å². The quantitative estimate of drug-likeness (QED) is 0.0703. The molecule has 2 fully saturated rings. The number of ether oxygens (including phenoxy) is 3. The molecule has 9 atom stereocenters. The lowest BCUT2D eigenvalue weighted by molar-refractivity contribution is -0.392. The third-order valence-corrected chi connectivity index (χ3v) is 8.14. The molecule has 2 aliphatic rings. The number of aliphatic hydroxyl groups excluding tert-OH is 7. The van der Waals surface area contributed by atoms with Crippen molar-refractivity contribution in [1.82, 2.24) is 29.1 Å². The number of aromatic nitrogens is 6. The lowest BCUT2D eigenvalue weighted by Gasteiger charge is -2.41. The number of imidazole rings is 2. The van der Waals surface area contributed by atoms with Crippen LogP contribution in [-0.2, 0) is 27.0 Å². The van der Waals surface area contributed by atoms with E-state index in [0.29, 0.717) is 0 Å². The van der Waals surface area contributed by atoms with E-state index >= 15 is 0 Å². The molecule has 20 heteroatoms. The van der Waals surface area contributed by atoms with Crippen molar-refractivity contribution < 1.29 is 54.9 Å². The van der Waals surface area contributed by atoms with Crippen molar-refractivity contribution in [1.29, 1.82) is 0 Å². The maximum Gasteiger partial charge on any atom is 0.396 e. The van der Waals surface area contributed by atoms with Gasteiger partial charge >= 0.3 is 5.82 Å². The van der Waals surface area contributed by atoms with Gasteiger partial charge < -0.3 is 64.6 Å². The third-order valence-electron chi connectivity index (χ3n) is 6.98. The summed E-state index contributed by atoms with van der Waals surface area (Å²) >= 11 is 0.893. The third kappa shape index (κ3) is 4.85. The molecule has 3 aromatic heterocycles. The number of rotatable bonds is 9. The number of aryl methyl sites for hydroxylation is 1. The zero-order chi connectivity index (χ0) is 29.6. The smallest absolute Gasteiger partial charge is 0.394 e. The van der Waals surface area contributed by atoms with Crippen molar-refractivity contribution in [3.05, 3.63) is 29.1 Å². The van der Waals surface area contributed by atoms with Gasteiger partial charge in [-0.25, -0.2) is 15.0 Å². The van der Waals surface area contributed by atoms with Crippen LogP contribution in [0.15, 0.2) is 29.0 Å². The summed E-state index contributed by atoms with van der Waals surface area (Å²) in [5, 5.41) is 83.6. The highest BCUT2D eigenvalue weighted by atomic mass is 32.2.